The Balaban J connectivity index is 1.80. The molecule has 2 fully saturated rings. The van der Waals surface area contributed by atoms with Gasteiger partial charge in [-0.15, -0.1) is 0 Å². The molecule has 0 aromatic heterocycles. The van der Waals surface area contributed by atoms with Crippen LogP contribution in [0.2, 0.25) is 0 Å². The van der Waals surface area contributed by atoms with Gasteiger partial charge in [-0.1, -0.05) is 0 Å². The lowest BCUT2D eigenvalue weighted by molar-refractivity contribution is 0.0855. The second-order valence-electron chi connectivity index (χ2n) is 5.77. The van der Waals surface area contributed by atoms with E-state index in [2.05, 4.69) is 23.9 Å². The van der Waals surface area contributed by atoms with Gasteiger partial charge in [0.15, 0.2) is 0 Å². The van der Waals surface area contributed by atoms with E-state index < -0.39 is 0 Å². The zero-order valence-corrected chi connectivity index (χ0v) is 10.9. The van der Waals surface area contributed by atoms with Gasteiger partial charge in [0.2, 0.25) is 0 Å². The first-order valence-corrected chi connectivity index (χ1v) is 6.83. The molecule has 16 heavy (non-hydrogen) atoms. The molecule has 0 radical (unpaired) electrons. The van der Waals surface area contributed by atoms with Crippen LogP contribution in [0.15, 0.2) is 0 Å². The highest BCUT2D eigenvalue weighted by molar-refractivity contribution is 4.85. The Kier molecular flexibility index (Phi) is 4.22. The number of nitrogens with zero attached hydrogens (tertiary/aromatic N) is 2. The van der Waals surface area contributed by atoms with Crippen LogP contribution in [0, 0.1) is 0 Å². The molecule has 3 nitrogen and oxygen atoms in total. The van der Waals surface area contributed by atoms with Crippen LogP contribution < -0.4 is 5.73 Å². The molecule has 1 saturated carbocycles. The van der Waals surface area contributed by atoms with Crippen LogP contribution in [0.1, 0.15) is 38.5 Å². The van der Waals surface area contributed by atoms with Gasteiger partial charge in [0.05, 0.1) is 0 Å². The van der Waals surface area contributed by atoms with E-state index in [0.29, 0.717) is 6.04 Å². The Morgan fingerprint density at radius 1 is 0.938 bits per heavy atom. The molecule has 0 aromatic carbocycles. The molecule has 1 aliphatic carbocycles. The fourth-order valence-corrected chi connectivity index (χ4v) is 3.21. The lowest BCUT2D eigenvalue weighted by Gasteiger charge is -2.41. The van der Waals surface area contributed by atoms with Gasteiger partial charge in [0.1, 0.15) is 0 Å². The van der Waals surface area contributed by atoms with E-state index in [-0.39, 0.29) is 0 Å². The molecule has 0 amide bonds. The van der Waals surface area contributed by atoms with Crippen LogP contribution in [0.5, 0.6) is 0 Å². The first-order chi connectivity index (χ1) is 7.66. The number of hydrogen-bond acceptors (Lipinski definition) is 3. The summed E-state index contributed by atoms with van der Waals surface area (Å²) in [5, 5.41) is 0. The molecule has 2 aliphatic rings. The summed E-state index contributed by atoms with van der Waals surface area (Å²) in [4.78, 5) is 5.10. The van der Waals surface area contributed by atoms with E-state index in [1.165, 1.54) is 51.6 Å². The van der Waals surface area contributed by atoms with Crippen LogP contribution in [0.3, 0.4) is 0 Å². The standard InChI is InChI=1S/C13H27N3/c1-15-9-7-13(8-10-15)16(2)12-5-3-11(14)4-6-12/h11-13H,3-10,14H2,1-2H3. The highest BCUT2D eigenvalue weighted by Crippen LogP contribution is 2.25. The van der Waals surface area contributed by atoms with Crippen LogP contribution in [0.25, 0.3) is 0 Å². The normalized spacial score (nSPS) is 34.5. The first-order valence-electron chi connectivity index (χ1n) is 6.83. The zero-order valence-electron chi connectivity index (χ0n) is 10.9. The van der Waals surface area contributed by atoms with Gasteiger partial charge in [-0.2, -0.15) is 0 Å². The number of nitrogens with two attached hydrogens (primary N) is 1. The SMILES string of the molecule is CN1CCC(N(C)C2CCC(N)CC2)CC1. The summed E-state index contributed by atoms with van der Waals surface area (Å²) >= 11 is 0. The van der Waals surface area contributed by atoms with Crippen molar-refractivity contribution in [2.75, 3.05) is 27.2 Å². The van der Waals surface area contributed by atoms with Crippen molar-refractivity contribution in [2.24, 2.45) is 5.73 Å². The summed E-state index contributed by atoms with van der Waals surface area (Å²) < 4.78 is 0. The van der Waals surface area contributed by atoms with E-state index >= 15 is 0 Å². The molecule has 0 atom stereocenters. The lowest BCUT2D eigenvalue weighted by atomic mass is 9.89. The average Bonchev–Trinajstić information content (AvgIpc) is 2.30. The number of piperidine rings is 1. The Morgan fingerprint density at radius 3 is 2.00 bits per heavy atom. The van der Waals surface area contributed by atoms with E-state index in [0.717, 1.165) is 12.1 Å². The average molecular weight is 225 g/mol. The van der Waals surface area contributed by atoms with Crippen LogP contribution in [-0.4, -0.2) is 55.1 Å². The zero-order chi connectivity index (χ0) is 11.5. The summed E-state index contributed by atoms with van der Waals surface area (Å²) in [6, 6.07) is 2.09. The second-order valence-corrected chi connectivity index (χ2v) is 5.77. The number of hydrogen-bond donors (Lipinski definition) is 1. The van der Waals surface area contributed by atoms with Gasteiger partial charge < -0.3 is 15.5 Å². The summed E-state index contributed by atoms with van der Waals surface area (Å²) in [5.41, 5.74) is 5.97. The molecule has 1 heterocycles. The van der Waals surface area contributed by atoms with Gasteiger partial charge in [0, 0.05) is 18.1 Å². The summed E-state index contributed by atoms with van der Waals surface area (Å²) in [5.74, 6) is 0. The van der Waals surface area contributed by atoms with Crippen LogP contribution >= 0.6 is 0 Å². The molecule has 0 bridgehead atoms. The minimum atomic E-state index is 0.474. The first kappa shape index (κ1) is 12.3. The third-order valence-electron chi connectivity index (χ3n) is 4.58. The van der Waals surface area contributed by atoms with Crippen molar-refractivity contribution in [1.82, 2.24) is 9.80 Å². The maximum absolute atomic E-state index is 5.97. The Labute approximate surface area is 100.0 Å². The van der Waals surface area contributed by atoms with Crippen molar-refractivity contribution in [3.05, 3.63) is 0 Å². The lowest BCUT2D eigenvalue weighted by Crippen LogP contribution is -2.48. The third kappa shape index (κ3) is 2.96. The van der Waals surface area contributed by atoms with E-state index in [1.807, 2.05) is 0 Å². The number of likely N-dealkylation sites (tertiary alicyclic amines) is 1. The van der Waals surface area contributed by atoms with Crippen molar-refractivity contribution in [1.29, 1.82) is 0 Å². The molecular weight excluding hydrogens is 198 g/mol. The molecule has 1 saturated heterocycles. The largest absolute Gasteiger partial charge is 0.328 e. The fourth-order valence-electron chi connectivity index (χ4n) is 3.21. The van der Waals surface area contributed by atoms with Gasteiger partial charge in [-0.3, -0.25) is 0 Å². The van der Waals surface area contributed by atoms with E-state index in [9.17, 15) is 0 Å². The molecule has 94 valence electrons. The quantitative estimate of drug-likeness (QED) is 0.768. The van der Waals surface area contributed by atoms with E-state index in [4.69, 9.17) is 5.73 Å². The van der Waals surface area contributed by atoms with Crippen LogP contribution in [-0.2, 0) is 0 Å². The molecule has 0 spiro atoms. The minimum absolute atomic E-state index is 0.474. The summed E-state index contributed by atoms with van der Waals surface area (Å²) in [6.45, 7) is 2.53. The Hall–Kier alpha value is -0.120. The Bertz CT molecular complexity index is 181. The van der Waals surface area contributed by atoms with Gasteiger partial charge in [-0.05, 0) is 65.7 Å². The smallest absolute Gasteiger partial charge is 0.0119 e. The molecule has 1 aliphatic heterocycles. The van der Waals surface area contributed by atoms with Gasteiger partial charge >= 0.3 is 0 Å². The maximum Gasteiger partial charge on any atom is 0.0119 e. The highest BCUT2D eigenvalue weighted by Gasteiger charge is 2.28. The maximum atomic E-state index is 5.97. The fraction of sp³-hybridized carbons (Fsp3) is 1.00. The van der Waals surface area contributed by atoms with Crippen molar-refractivity contribution >= 4 is 0 Å². The monoisotopic (exact) mass is 225 g/mol. The van der Waals surface area contributed by atoms with Crippen molar-refractivity contribution in [3.63, 3.8) is 0 Å². The predicted octanol–water partition coefficient (Wildman–Crippen LogP) is 1.28. The minimum Gasteiger partial charge on any atom is -0.328 e. The van der Waals surface area contributed by atoms with Gasteiger partial charge in [0.25, 0.3) is 0 Å². The van der Waals surface area contributed by atoms with Gasteiger partial charge in [-0.25, -0.2) is 0 Å². The molecule has 0 unspecified atom stereocenters. The van der Waals surface area contributed by atoms with Crippen molar-refractivity contribution < 1.29 is 0 Å². The second kappa shape index (κ2) is 5.48. The molecular formula is C13H27N3. The number of rotatable bonds is 2. The van der Waals surface area contributed by atoms with E-state index in [1.54, 1.807) is 0 Å². The molecule has 3 heteroatoms. The van der Waals surface area contributed by atoms with Crippen molar-refractivity contribution in [2.45, 2.75) is 56.7 Å². The molecule has 2 N–H and O–H groups in total. The molecule has 2 rings (SSSR count). The Morgan fingerprint density at radius 2 is 1.44 bits per heavy atom. The van der Waals surface area contributed by atoms with Crippen LogP contribution in [0.4, 0.5) is 0 Å². The molecule has 0 aromatic rings. The highest BCUT2D eigenvalue weighted by atomic mass is 15.2. The van der Waals surface area contributed by atoms with Crippen molar-refractivity contribution in [3.8, 4) is 0 Å². The third-order valence-corrected chi connectivity index (χ3v) is 4.58. The summed E-state index contributed by atoms with van der Waals surface area (Å²) in [7, 11) is 4.56. The summed E-state index contributed by atoms with van der Waals surface area (Å²) in [6.07, 6.45) is 7.75. The predicted molar refractivity (Wildman–Crippen MR) is 68.5 cm³/mol. The topological polar surface area (TPSA) is 32.5 Å².